The molecule has 0 saturated carbocycles. The summed E-state index contributed by atoms with van der Waals surface area (Å²) < 4.78 is 51.0. The van der Waals surface area contributed by atoms with Gasteiger partial charge in [-0.05, 0) is 36.4 Å². The molecule has 2 rings (SSSR count). The van der Waals surface area contributed by atoms with E-state index in [1.54, 1.807) is 0 Å². The highest BCUT2D eigenvalue weighted by atomic mass is 35.5. The molecule has 0 heterocycles. The van der Waals surface area contributed by atoms with Gasteiger partial charge in [-0.2, -0.15) is 13.2 Å². The molecular weight excluding hydrogens is 296 g/mol. The van der Waals surface area contributed by atoms with E-state index in [2.05, 4.69) is 5.32 Å². The van der Waals surface area contributed by atoms with Crippen LogP contribution in [0, 0.1) is 5.82 Å². The maximum Gasteiger partial charge on any atom is 0.416 e. The number of anilines is 3. The van der Waals surface area contributed by atoms with Crippen molar-refractivity contribution in [3.05, 3.63) is 52.8 Å². The second kappa shape index (κ2) is 5.20. The van der Waals surface area contributed by atoms with Gasteiger partial charge in [-0.25, -0.2) is 4.39 Å². The Labute approximate surface area is 117 Å². The highest BCUT2D eigenvalue weighted by molar-refractivity contribution is 6.30. The first kappa shape index (κ1) is 14.5. The molecule has 0 radical (unpaired) electrons. The molecule has 20 heavy (non-hydrogen) atoms. The predicted molar refractivity (Wildman–Crippen MR) is 70.5 cm³/mol. The Hall–Kier alpha value is -1.95. The van der Waals surface area contributed by atoms with Gasteiger partial charge < -0.3 is 11.1 Å². The van der Waals surface area contributed by atoms with Gasteiger partial charge in [0.25, 0.3) is 0 Å². The summed E-state index contributed by atoms with van der Waals surface area (Å²) in [6.07, 6.45) is -4.47. The molecule has 0 aliphatic heterocycles. The minimum atomic E-state index is -4.47. The number of hydrogen-bond acceptors (Lipinski definition) is 2. The molecule has 0 saturated heterocycles. The van der Waals surface area contributed by atoms with Gasteiger partial charge in [-0.15, -0.1) is 0 Å². The van der Waals surface area contributed by atoms with E-state index in [0.29, 0.717) is 0 Å². The number of alkyl halides is 3. The highest BCUT2D eigenvalue weighted by Crippen LogP contribution is 2.34. The maximum absolute atomic E-state index is 13.6. The van der Waals surface area contributed by atoms with Crippen molar-refractivity contribution in [2.75, 3.05) is 11.1 Å². The Morgan fingerprint density at radius 1 is 1.00 bits per heavy atom. The van der Waals surface area contributed by atoms with Crippen molar-refractivity contribution in [3.8, 4) is 0 Å². The molecule has 0 fully saturated rings. The zero-order chi connectivity index (χ0) is 14.9. The normalized spacial score (nSPS) is 11.4. The molecule has 2 nitrogen and oxygen atoms in total. The van der Waals surface area contributed by atoms with Gasteiger partial charge in [0.2, 0.25) is 0 Å². The average molecular weight is 305 g/mol. The topological polar surface area (TPSA) is 38.0 Å². The van der Waals surface area contributed by atoms with Crippen LogP contribution in [-0.4, -0.2) is 0 Å². The summed E-state index contributed by atoms with van der Waals surface area (Å²) in [6.45, 7) is 0. The lowest BCUT2D eigenvalue weighted by Gasteiger charge is -2.13. The summed E-state index contributed by atoms with van der Waals surface area (Å²) in [6, 6.07) is 6.71. The van der Waals surface area contributed by atoms with Crippen molar-refractivity contribution in [1.82, 2.24) is 0 Å². The molecule has 0 aromatic heterocycles. The summed E-state index contributed by atoms with van der Waals surface area (Å²) in [7, 11) is 0. The maximum atomic E-state index is 13.6. The third-order valence-corrected chi connectivity index (χ3v) is 2.81. The average Bonchev–Trinajstić information content (AvgIpc) is 2.33. The van der Waals surface area contributed by atoms with E-state index in [9.17, 15) is 17.6 Å². The van der Waals surface area contributed by atoms with Crippen molar-refractivity contribution in [1.29, 1.82) is 0 Å². The first-order valence-corrected chi connectivity index (χ1v) is 5.84. The Morgan fingerprint density at radius 2 is 1.65 bits per heavy atom. The number of nitrogen functional groups attached to an aromatic ring is 1. The fraction of sp³-hybridized carbons (Fsp3) is 0.0769. The Morgan fingerprint density at radius 3 is 2.20 bits per heavy atom. The van der Waals surface area contributed by atoms with Crippen molar-refractivity contribution in [3.63, 3.8) is 0 Å². The molecule has 0 atom stereocenters. The standard InChI is InChI=1S/C13H9ClF4N2/c14-8-2-4-11(9(15)6-8)20-12-3-1-7(5-10(12)19)13(16,17)18/h1-6,20H,19H2. The van der Waals surface area contributed by atoms with Crippen LogP contribution in [-0.2, 0) is 6.18 Å². The summed E-state index contributed by atoms with van der Waals surface area (Å²) in [5.41, 5.74) is 4.79. The third-order valence-electron chi connectivity index (χ3n) is 2.58. The van der Waals surface area contributed by atoms with Crippen molar-refractivity contribution >= 4 is 28.7 Å². The monoisotopic (exact) mass is 304 g/mol. The number of benzene rings is 2. The molecular formula is C13H9ClF4N2. The van der Waals surface area contributed by atoms with Gasteiger partial charge in [0.05, 0.1) is 22.6 Å². The van der Waals surface area contributed by atoms with Gasteiger partial charge >= 0.3 is 6.18 Å². The van der Waals surface area contributed by atoms with Gasteiger partial charge in [0.1, 0.15) is 5.82 Å². The van der Waals surface area contributed by atoms with Crippen molar-refractivity contribution < 1.29 is 17.6 Å². The molecule has 0 aliphatic carbocycles. The van der Waals surface area contributed by atoms with E-state index < -0.39 is 17.6 Å². The number of nitrogens with two attached hydrogens (primary N) is 1. The Balaban J connectivity index is 2.30. The fourth-order valence-electron chi connectivity index (χ4n) is 1.59. The lowest BCUT2D eigenvalue weighted by Crippen LogP contribution is -2.07. The van der Waals surface area contributed by atoms with Gasteiger partial charge in [-0.1, -0.05) is 11.6 Å². The van der Waals surface area contributed by atoms with Crippen LogP contribution in [0.3, 0.4) is 0 Å². The van der Waals surface area contributed by atoms with E-state index >= 15 is 0 Å². The van der Waals surface area contributed by atoms with Gasteiger partial charge in [0, 0.05) is 5.02 Å². The Bertz CT molecular complexity index is 641. The minimum absolute atomic E-state index is 0.0702. The van der Waals surface area contributed by atoms with Crippen LogP contribution < -0.4 is 11.1 Å². The second-order valence-corrected chi connectivity index (χ2v) is 4.49. The quantitative estimate of drug-likeness (QED) is 0.616. The fourth-order valence-corrected chi connectivity index (χ4v) is 1.75. The molecule has 0 unspecified atom stereocenters. The molecule has 3 N–H and O–H groups in total. The smallest absolute Gasteiger partial charge is 0.397 e. The van der Waals surface area contributed by atoms with Crippen molar-refractivity contribution in [2.45, 2.75) is 6.18 Å². The van der Waals surface area contributed by atoms with Crippen LogP contribution in [0.15, 0.2) is 36.4 Å². The SMILES string of the molecule is Nc1cc(C(F)(F)F)ccc1Nc1ccc(Cl)cc1F. The zero-order valence-electron chi connectivity index (χ0n) is 9.93. The highest BCUT2D eigenvalue weighted by Gasteiger charge is 2.30. The minimum Gasteiger partial charge on any atom is -0.397 e. The molecule has 2 aromatic rings. The summed E-state index contributed by atoms with van der Waals surface area (Å²) >= 11 is 5.60. The third kappa shape index (κ3) is 3.14. The molecule has 106 valence electrons. The van der Waals surface area contributed by atoms with Gasteiger partial charge in [-0.3, -0.25) is 0 Å². The van der Waals surface area contributed by atoms with E-state index in [1.807, 2.05) is 0 Å². The molecule has 0 spiro atoms. The number of nitrogens with one attached hydrogen (secondary N) is 1. The van der Waals surface area contributed by atoms with Crippen LogP contribution in [0.2, 0.25) is 5.02 Å². The lowest BCUT2D eigenvalue weighted by molar-refractivity contribution is -0.137. The largest absolute Gasteiger partial charge is 0.416 e. The molecule has 0 bridgehead atoms. The summed E-state index contributed by atoms with van der Waals surface area (Å²) in [4.78, 5) is 0. The summed E-state index contributed by atoms with van der Waals surface area (Å²) in [5.74, 6) is -0.628. The van der Waals surface area contributed by atoms with Crippen LogP contribution in [0.4, 0.5) is 34.6 Å². The Kier molecular flexibility index (Phi) is 3.76. The molecule has 7 heteroatoms. The number of rotatable bonds is 2. The first-order chi connectivity index (χ1) is 9.27. The first-order valence-electron chi connectivity index (χ1n) is 5.46. The number of hydrogen-bond donors (Lipinski definition) is 2. The predicted octanol–water partition coefficient (Wildman–Crippen LogP) is 4.82. The van der Waals surface area contributed by atoms with E-state index in [-0.39, 0.29) is 22.1 Å². The van der Waals surface area contributed by atoms with E-state index in [1.165, 1.54) is 12.1 Å². The number of halogens is 5. The van der Waals surface area contributed by atoms with E-state index in [4.69, 9.17) is 17.3 Å². The van der Waals surface area contributed by atoms with Gasteiger partial charge in [0.15, 0.2) is 0 Å². The van der Waals surface area contributed by atoms with Crippen LogP contribution in [0.1, 0.15) is 5.56 Å². The molecule has 0 aliphatic rings. The molecule has 2 aromatic carbocycles. The second-order valence-electron chi connectivity index (χ2n) is 4.05. The van der Waals surface area contributed by atoms with E-state index in [0.717, 1.165) is 24.3 Å². The zero-order valence-corrected chi connectivity index (χ0v) is 10.7. The lowest BCUT2D eigenvalue weighted by atomic mass is 10.1. The van der Waals surface area contributed by atoms with Crippen LogP contribution in [0.5, 0.6) is 0 Å². The van der Waals surface area contributed by atoms with Crippen LogP contribution in [0.25, 0.3) is 0 Å². The van der Waals surface area contributed by atoms with Crippen molar-refractivity contribution in [2.24, 2.45) is 0 Å². The van der Waals surface area contributed by atoms with Crippen LogP contribution >= 0.6 is 11.6 Å². The summed E-state index contributed by atoms with van der Waals surface area (Å²) in [5, 5.41) is 2.84. The molecule has 0 amide bonds.